The van der Waals surface area contributed by atoms with Crippen LogP contribution in [0.3, 0.4) is 0 Å². The molecule has 0 unspecified atom stereocenters. The van der Waals surface area contributed by atoms with Crippen molar-refractivity contribution in [1.82, 2.24) is 4.31 Å². The minimum atomic E-state index is -3.83. The van der Waals surface area contributed by atoms with E-state index < -0.39 is 15.9 Å². The Bertz CT molecular complexity index is 1030. The number of anilines is 1. The van der Waals surface area contributed by atoms with Gasteiger partial charge in [0.1, 0.15) is 0 Å². The van der Waals surface area contributed by atoms with Gasteiger partial charge in [-0.05, 0) is 29.7 Å². The maximum atomic E-state index is 13.1. The Morgan fingerprint density at radius 1 is 1.06 bits per heavy atom. The zero-order valence-electron chi connectivity index (χ0n) is 18.2. The van der Waals surface area contributed by atoms with Crippen LogP contribution >= 0.6 is 0 Å². The molecule has 1 saturated heterocycles. The molecule has 1 aliphatic rings. The van der Waals surface area contributed by atoms with Gasteiger partial charge >= 0.3 is 0 Å². The summed E-state index contributed by atoms with van der Waals surface area (Å²) in [5, 5.41) is 2.81. The average molecular weight is 449 g/mol. The molecule has 0 radical (unpaired) electrons. The van der Waals surface area contributed by atoms with E-state index in [4.69, 9.17) is 14.2 Å². The van der Waals surface area contributed by atoms with E-state index in [9.17, 15) is 13.2 Å². The Morgan fingerprint density at radius 2 is 1.71 bits per heavy atom. The van der Waals surface area contributed by atoms with Crippen molar-refractivity contribution in [3.05, 3.63) is 47.5 Å². The molecule has 2 aromatic carbocycles. The second kappa shape index (κ2) is 9.67. The standard InChI is InChI=1S/C22H28N2O6S/c1-15(2)16-5-7-17(8-6-16)23-22(25)19-13-18(14-20(28-3)21(19)29-4)31(26,27)24-9-11-30-12-10-24/h5-8,13-15H,9-12H2,1-4H3,(H,23,25). The van der Waals surface area contributed by atoms with Crippen LogP contribution < -0.4 is 14.8 Å². The number of benzene rings is 2. The number of nitrogens with zero attached hydrogens (tertiary/aromatic N) is 1. The van der Waals surface area contributed by atoms with Gasteiger partial charge in [0.25, 0.3) is 5.91 Å². The zero-order valence-corrected chi connectivity index (χ0v) is 19.0. The first kappa shape index (κ1) is 23.1. The predicted molar refractivity (Wildman–Crippen MR) is 118 cm³/mol. The molecule has 1 amide bonds. The SMILES string of the molecule is COc1cc(S(=O)(=O)N2CCOCC2)cc(C(=O)Nc2ccc(C(C)C)cc2)c1OC. The lowest BCUT2D eigenvalue weighted by molar-refractivity contribution is 0.0730. The number of rotatable bonds is 7. The van der Waals surface area contributed by atoms with Gasteiger partial charge in [-0.25, -0.2) is 8.42 Å². The molecule has 168 valence electrons. The van der Waals surface area contributed by atoms with Crippen molar-refractivity contribution in [1.29, 1.82) is 0 Å². The number of methoxy groups -OCH3 is 2. The van der Waals surface area contributed by atoms with Crippen LogP contribution in [0.4, 0.5) is 5.69 Å². The van der Waals surface area contributed by atoms with Crippen LogP contribution in [0, 0.1) is 0 Å². The molecule has 1 fully saturated rings. The van der Waals surface area contributed by atoms with E-state index in [-0.39, 0.29) is 35.0 Å². The molecular formula is C22H28N2O6S. The van der Waals surface area contributed by atoms with Gasteiger partial charge < -0.3 is 19.5 Å². The third-order valence-electron chi connectivity index (χ3n) is 5.14. The Hall–Kier alpha value is -2.62. The van der Waals surface area contributed by atoms with Crippen molar-refractivity contribution in [3.63, 3.8) is 0 Å². The highest BCUT2D eigenvalue weighted by molar-refractivity contribution is 7.89. The van der Waals surface area contributed by atoms with Crippen LogP contribution in [0.15, 0.2) is 41.3 Å². The molecule has 0 atom stereocenters. The molecule has 8 nitrogen and oxygen atoms in total. The fraction of sp³-hybridized carbons (Fsp3) is 0.409. The lowest BCUT2D eigenvalue weighted by Crippen LogP contribution is -2.40. The third-order valence-corrected chi connectivity index (χ3v) is 7.02. The summed E-state index contributed by atoms with van der Waals surface area (Å²) in [5.74, 6) is 0.208. The molecule has 9 heteroatoms. The first-order valence-corrected chi connectivity index (χ1v) is 11.5. The van der Waals surface area contributed by atoms with Gasteiger partial charge in [-0.15, -0.1) is 0 Å². The van der Waals surface area contributed by atoms with E-state index in [1.807, 2.05) is 24.3 Å². The van der Waals surface area contributed by atoms with Crippen LogP contribution in [0.5, 0.6) is 11.5 Å². The molecule has 3 rings (SSSR count). The second-order valence-electron chi connectivity index (χ2n) is 7.45. The smallest absolute Gasteiger partial charge is 0.259 e. The van der Waals surface area contributed by atoms with Crippen molar-refractivity contribution in [2.24, 2.45) is 0 Å². The largest absolute Gasteiger partial charge is 0.493 e. The summed E-state index contributed by atoms with van der Waals surface area (Å²) in [5.41, 5.74) is 1.81. The number of carbonyl (C=O) groups is 1. The van der Waals surface area contributed by atoms with Gasteiger partial charge in [0.2, 0.25) is 10.0 Å². The quantitative estimate of drug-likeness (QED) is 0.700. The van der Waals surface area contributed by atoms with Gasteiger partial charge in [-0.2, -0.15) is 4.31 Å². The van der Waals surface area contributed by atoms with Crippen molar-refractivity contribution in [2.75, 3.05) is 45.8 Å². The summed E-state index contributed by atoms with van der Waals surface area (Å²) in [6.45, 7) is 5.33. The summed E-state index contributed by atoms with van der Waals surface area (Å²) in [7, 11) is -1.02. The number of hydrogen-bond acceptors (Lipinski definition) is 6. The third kappa shape index (κ3) is 5.00. The lowest BCUT2D eigenvalue weighted by Gasteiger charge is -2.26. The van der Waals surface area contributed by atoms with Crippen molar-refractivity contribution in [3.8, 4) is 11.5 Å². The van der Waals surface area contributed by atoms with E-state index in [1.165, 1.54) is 30.7 Å². The minimum Gasteiger partial charge on any atom is -0.493 e. The van der Waals surface area contributed by atoms with Crippen LogP contribution in [0.25, 0.3) is 0 Å². The number of nitrogens with one attached hydrogen (secondary N) is 1. The molecule has 31 heavy (non-hydrogen) atoms. The van der Waals surface area contributed by atoms with Crippen molar-refractivity contribution in [2.45, 2.75) is 24.7 Å². The van der Waals surface area contributed by atoms with E-state index >= 15 is 0 Å². The van der Waals surface area contributed by atoms with E-state index in [1.54, 1.807) is 0 Å². The van der Waals surface area contributed by atoms with Gasteiger partial charge in [0, 0.05) is 24.8 Å². The molecule has 0 spiro atoms. The monoisotopic (exact) mass is 448 g/mol. The molecule has 0 aliphatic carbocycles. The molecule has 1 heterocycles. The number of carbonyl (C=O) groups excluding carboxylic acids is 1. The Balaban J connectivity index is 1.97. The highest BCUT2D eigenvalue weighted by atomic mass is 32.2. The molecule has 0 saturated carbocycles. The summed E-state index contributed by atoms with van der Waals surface area (Å²) < 4.78 is 43.6. The molecule has 0 bridgehead atoms. The second-order valence-corrected chi connectivity index (χ2v) is 9.39. The van der Waals surface area contributed by atoms with E-state index in [2.05, 4.69) is 19.2 Å². The number of amides is 1. The summed E-state index contributed by atoms with van der Waals surface area (Å²) >= 11 is 0. The predicted octanol–water partition coefficient (Wildman–Crippen LogP) is 3.10. The summed E-state index contributed by atoms with van der Waals surface area (Å²) in [4.78, 5) is 13.0. The molecule has 1 aliphatic heterocycles. The maximum absolute atomic E-state index is 13.1. The normalized spacial score (nSPS) is 15.0. The Labute approximate surface area is 183 Å². The van der Waals surface area contributed by atoms with Crippen LogP contribution in [0.1, 0.15) is 35.7 Å². The van der Waals surface area contributed by atoms with Crippen LogP contribution in [-0.4, -0.2) is 59.2 Å². The van der Waals surface area contributed by atoms with Crippen LogP contribution in [0.2, 0.25) is 0 Å². The first-order valence-electron chi connectivity index (χ1n) is 10.0. The van der Waals surface area contributed by atoms with E-state index in [0.717, 1.165) is 5.56 Å². The highest BCUT2D eigenvalue weighted by Crippen LogP contribution is 2.35. The van der Waals surface area contributed by atoms with Gasteiger partial charge in [-0.1, -0.05) is 26.0 Å². The van der Waals surface area contributed by atoms with Crippen molar-refractivity contribution < 1.29 is 27.4 Å². The van der Waals surface area contributed by atoms with Crippen molar-refractivity contribution >= 4 is 21.6 Å². The minimum absolute atomic E-state index is 0.0349. The topological polar surface area (TPSA) is 94.2 Å². The number of hydrogen-bond donors (Lipinski definition) is 1. The lowest BCUT2D eigenvalue weighted by atomic mass is 10.0. The molecule has 0 aromatic heterocycles. The van der Waals surface area contributed by atoms with Gasteiger partial charge in [0.05, 0.1) is 37.9 Å². The zero-order chi connectivity index (χ0) is 22.6. The van der Waals surface area contributed by atoms with Gasteiger partial charge in [0.15, 0.2) is 11.5 Å². The molecule has 1 N–H and O–H groups in total. The van der Waals surface area contributed by atoms with Gasteiger partial charge in [-0.3, -0.25) is 4.79 Å². The summed E-state index contributed by atoms with van der Waals surface area (Å²) in [6.07, 6.45) is 0. The number of ether oxygens (including phenoxy) is 3. The van der Waals surface area contributed by atoms with Crippen LogP contribution in [-0.2, 0) is 14.8 Å². The summed E-state index contributed by atoms with van der Waals surface area (Å²) in [6, 6.07) is 10.2. The number of morpholine rings is 1. The molecular weight excluding hydrogens is 420 g/mol. The first-order chi connectivity index (χ1) is 14.8. The Kier molecular flexibility index (Phi) is 7.19. The molecule has 2 aromatic rings. The fourth-order valence-corrected chi connectivity index (χ4v) is 4.79. The maximum Gasteiger partial charge on any atom is 0.259 e. The fourth-order valence-electron chi connectivity index (χ4n) is 3.34. The highest BCUT2D eigenvalue weighted by Gasteiger charge is 2.30. The number of sulfonamides is 1. The van der Waals surface area contributed by atoms with E-state index in [0.29, 0.717) is 24.8 Å². The Morgan fingerprint density at radius 3 is 2.26 bits per heavy atom. The average Bonchev–Trinajstić information content (AvgIpc) is 2.78.